The average Bonchev–Trinajstić information content (AvgIpc) is 3.04. The van der Waals surface area contributed by atoms with Gasteiger partial charge in [-0.15, -0.1) is 0 Å². The maximum absolute atomic E-state index is 12.6. The normalized spacial score (nSPS) is 11.8. The molecule has 3 aromatic rings. The Morgan fingerprint density at radius 3 is 2.48 bits per heavy atom. The van der Waals surface area contributed by atoms with E-state index < -0.39 is 18.0 Å². The minimum atomic E-state index is -1.03. The third-order valence-electron chi connectivity index (χ3n) is 4.59. The summed E-state index contributed by atoms with van der Waals surface area (Å²) in [5, 5.41) is 3.47. The van der Waals surface area contributed by atoms with Crippen LogP contribution in [0.5, 0.6) is 11.5 Å². The van der Waals surface area contributed by atoms with Crippen LogP contribution in [0, 0.1) is 13.8 Å². The molecule has 0 unspecified atom stereocenters. The molecule has 7 nitrogen and oxygen atoms in total. The summed E-state index contributed by atoms with van der Waals surface area (Å²) in [5.41, 5.74) is 2.63. The molecule has 2 aromatic carbocycles. The Bertz CT molecular complexity index is 1070. The Kier molecular flexibility index (Phi) is 5.77. The maximum atomic E-state index is 12.6. The van der Waals surface area contributed by atoms with Crippen molar-refractivity contribution in [2.24, 2.45) is 0 Å². The quantitative estimate of drug-likeness (QED) is 0.626. The minimum absolute atomic E-state index is 0.0565. The second-order valence-corrected chi connectivity index (χ2v) is 6.66. The smallest absolute Gasteiger partial charge is 0.375 e. The molecule has 1 atom stereocenters. The number of esters is 1. The molecule has 29 heavy (non-hydrogen) atoms. The number of rotatable bonds is 6. The van der Waals surface area contributed by atoms with Crippen molar-refractivity contribution in [1.29, 1.82) is 0 Å². The van der Waals surface area contributed by atoms with Crippen molar-refractivity contribution in [3.05, 3.63) is 53.3 Å². The van der Waals surface area contributed by atoms with Gasteiger partial charge in [-0.2, -0.15) is 0 Å². The van der Waals surface area contributed by atoms with E-state index in [1.165, 1.54) is 14.0 Å². The zero-order valence-corrected chi connectivity index (χ0v) is 17.0. The van der Waals surface area contributed by atoms with Crippen LogP contribution in [0.1, 0.15) is 28.6 Å². The van der Waals surface area contributed by atoms with Crippen molar-refractivity contribution in [1.82, 2.24) is 0 Å². The van der Waals surface area contributed by atoms with Crippen molar-refractivity contribution in [2.45, 2.75) is 26.9 Å². The molecule has 1 amide bonds. The number of aryl methyl sites for hydroxylation is 2. The van der Waals surface area contributed by atoms with Gasteiger partial charge in [0, 0.05) is 10.9 Å². The number of carbonyl (C=O) groups is 2. The molecule has 0 saturated carbocycles. The lowest BCUT2D eigenvalue weighted by atomic mass is 10.1. The monoisotopic (exact) mass is 397 g/mol. The lowest BCUT2D eigenvalue weighted by Crippen LogP contribution is -2.30. The Morgan fingerprint density at radius 1 is 1.03 bits per heavy atom. The molecule has 1 aromatic heterocycles. The largest absolute Gasteiger partial charge is 0.497 e. The van der Waals surface area contributed by atoms with Crippen LogP contribution in [-0.4, -0.2) is 32.2 Å². The number of hydrogen-bond acceptors (Lipinski definition) is 6. The molecule has 152 valence electrons. The second-order valence-electron chi connectivity index (χ2n) is 6.66. The molecule has 0 aliphatic heterocycles. The number of anilines is 1. The number of carbonyl (C=O) groups excluding carboxylic acids is 2. The van der Waals surface area contributed by atoms with E-state index in [0.29, 0.717) is 28.3 Å². The number of furan rings is 1. The van der Waals surface area contributed by atoms with E-state index in [1.807, 2.05) is 13.0 Å². The van der Waals surface area contributed by atoms with E-state index in [-0.39, 0.29) is 5.76 Å². The van der Waals surface area contributed by atoms with Gasteiger partial charge in [0.05, 0.1) is 19.9 Å². The molecule has 0 aliphatic carbocycles. The van der Waals surface area contributed by atoms with E-state index in [1.54, 1.807) is 44.4 Å². The summed E-state index contributed by atoms with van der Waals surface area (Å²) in [7, 11) is 3.08. The van der Waals surface area contributed by atoms with Crippen LogP contribution in [0.3, 0.4) is 0 Å². The van der Waals surface area contributed by atoms with Crippen LogP contribution in [0.2, 0.25) is 0 Å². The van der Waals surface area contributed by atoms with Gasteiger partial charge in [-0.05, 0) is 56.7 Å². The van der Waals surface area contributed by atoms with Crippen LogP contribution in [-0.2, 0) is 9.53 Å². The van der Waals surface area contributed by atoms with Crippen molar-refractivity contribution >= 4 is 28.5 Å². The second kappa shape index (κ2) is 8.26. The first kappa shape index (κ1) is 20.3. The zero-order valence-electron chi connectivity index (χ0n) is 17.0. The molecule has 1 N–H and O–H groups in total. The van der Waals surface area contributed by atoms with Gasteiger partial charge in [0.25, 0.3) is 5.91 Å². The highest BCUT2D eigenvalue weighted by Crippen LogP contribution is 2.30. The summed E-state index contributed by atoms with van der Waals surface area (Å²) in [4.78, 5) is 25.1. The Morgan fingerprint density at radius 2 is 1.79 bits per heavy atom. The van der Waals surface area contributed by atoms with E-state index in [0.717, 1.165) is 10.9 Å². The van der Waals surface area contributed by atoms with Crippen LogP contribution >= 0.6 is 0 Å². The molecule has 7 heteroatoms. The van der Waals surface area contributed by atoms with Crippen molar-refractivity contribution in [3.8, 4) is 11.5 Å². The number of fused-ring (bicyclic) bond motifs is 1. The first-order valence-electron chi connectivity index (χ1n) is 9.07. The zero-order chi connectivity index (χ0) is 21.1. The van der Waals surface area contributed by atoms with Crippen LogP contribution < -0.4 is 14.8 Å². The molecule has 1 heterocycles. The third-order valence-corrected chi connectivity index (χ3v) is 4.59. The number of benzene rings is 2. The predicted octanol–water partition coefficient (Wildman–Crippen LogP) is 4.25. The Labute approximate surface area is 168 Å². The maximum Gasteiger partial charge on any atom is 0.375 e. The number of methoxy groups -OCH3 is 2. The predicted molar refractivity (Wildman–Crippen MR) is 109 cm³/mol. The molecular weight excluding hydrogens is 374 g/mol. The van der Waals surface area contributed by atoms with Gasteiger partial charge in [0.2, 0.25) is 5.76 Å². The number of ether oxygens (including phenoxy) is 3. The topological polar surface area (TPSA) is 87.0 Å². The van der Waals surface area contributed by atoms with E-state index in [4.69, 9.17) is 18.6 Å². The van der Waals surface area contributed by atoms with Crippen LogP contribution in [0.25, 0.3) is 11.0 Å². The SMILES string of the molecule is COc1ccc2oc(C(=O)O[C@@H](C)C(=O)Nc3cc(C)ccc3OC)c(C)c2c1. The van der Waals surface area contributed by atoms with E-state index in [9.17, 15) is 9.59 Å². The van der Waals surface area contributed by atoms with Crippen LogP contribution in [0.4, 0.5) is 5.69 Å². The van der Waals surface area contributed by atoms with Gasteiger partial charge in [0.15, 0.2) is 6.10 Å². The first-order valence-corrected chi connectivity index (χ1v) is 9.07. The molecule has 0 radical (unpaired) electrons. The Balaban J connectivity index is 1.75. The van der Waals surface area contributed by atoms with Crippen LogP contribution in [0.15, 0.2) is 40.8 Å². The van der Waals surface area contributed by atoms with Gasteiger partial charge in [-0.1, -0.05) is 6.07 Å². The first-order chi connectivity index (χ1) is 13.8. The number of amides is 1. The highest BCUT2D eigenvalue weighted by Gasteiger charge is 2.25. The molecule has 0 bridgehead atoms. The highest BCUT2D eigenvalue weighted by molar-refractivity contribution is 6.00. The summed E-state index contributed by atoms with van der Waals surface area (Å²) in [6, 6.07) is 10.7. The summed E-state index contributed by atoms with van der Waals surface area (Å²) in [6.07, 6.45) is -1.03. The highest BCUT2D eigenvalue weighted by atomic mass is 16.6. The summed E-state index contributed by atoms with van der Waals surface area (Å²) >= 11 is 0. The molecule has 0 fully saturated rings. The van der Waals surface area contributed by atoms with Gasteiger partial charge < -0.3 is 23.9 Å². The standard InChI is InChI=1S/C22H23NO6/c1-12-6-8-19(27-5)17(10-12)23-21(24)14(3)28-22(25)20-13(2)16-11-15(26-4)7-9-18(16)29-20/h6-11,14H,1-5H3,(H,23,24)/t14-/m0/s1. The third kappa shape index (κ3) is 4.18. The Hall–Kier alpha value is -3.48. The molecule has 3 rings (SSSR count). The van der Waals surface area contributed by atoms with Crippen molar-refractivity contribution in [2.75, 3.05) is 19.5 Å². The van der Waals surface area contributed by atoms with E-state index in [2.05, 4.69) is 5.32 Å². The molecule has 0 saturated heterocycles. The summed E-state index contributed by atoms with van der Waals surface area (Å²) < 4.78 is 21.4. The molecule has 0 spiro atoms. The fraction of sp³-hybridized carbons (Fsp3) is 0.273. The fourth-order valence-electron chi connectivity index (χ4n) is 2.94. The van der Waals surface area contributed by atoms with Gasteiger partial charge in [0.1, 0.15) is 17.1 Å². The lowest BCUT2D eigenvalue weighted by Gasteiger charge is -2.15. The van der Waals surface area contributed by atoms with Gasteiger partial charge in [-0.25, -0.2) is 4.79 Å². The minimum Gasteiger partial charge on any atom is -0.497 e. The van der Waals surface area contributed by atoms with E-state index >= 15 is 0 Å². The molecular formula is C22H23NO6. The van der Waals surface area contributed by atoms with Crippen molar-refractivity contribution in [3.63, 3.8) is 0 Å². The van der Waals surface area contributed by atoms with Gasteiger partial charge >= 0.3 is 5.97 Å². The fourth-order valence-corrected chi connectivity index (χ4v) is 2.94. The summed E-state index contributed by atoms with van der Waals surface area (Å²) in [5.74, 6) is 0.0426. The average molecular weight is 397 g/mol. The molecule has 0 aliphatic rings. The summed E-state index contributed by atoms with van der Waals surface area (Å²) in [6.45, 7) is 5.15. The number of nitrogens with one attached hydrogen (secondary N) is 1. The van der Waals surface area contributed by atoms with Crippen molar-refractivity contribution < 1.29 is 28.2 Å². The van der Waals surface area contributed by atoms with Gasteiger partial charge in [-0.3, -0.25) is 4.79 Å². The lowest BCUT2D eigenvalue weighted by molar-refractivity contribution is -0.123. The number of hydrogen-bond donors (Lipinski definition) is 1.